The molecule has 1 aliphatic carbocycles. The highest BCUT2D eigenvalue weighted by Gasteiger charge is 2.39. The average molecular weight is 224 g/mol. The van der Waals surface area contributed by atoms with Crippen molar-refractivity contribution >= 4 is 0 Å². The highest BCUT2D eigenvalue weighted by atomic mass is 16.5. The molecule has 16 heavy (non-hydrogen) atoms. The fourth-order valence-corrected chi connectivity index (χ4v) is 3.80. The highest BCUT2D eigenvalue weighted by Crippen LogP contribution is 2.31. The summed E-state index contributed by atoms with van der Waals surface area (Å²) in [6, 6.07) is 1.48. The third-order valence-corrected chi connectivity index (χ3v) is 4.64. The van der Waals surface area contributed by atoms with Crippen LogP contribution in [-0.2, 0) is 4.74 Å². The molecule has 92 valence electrons. The quantitative estimate of drug-likeness (QED) is 0.767. The summed E-state index contributed by atoms with van der Waals surface area (Å²) in [5.74, 6) is 0. The normalized spacial score (nSPS) is 44.8. The Balaban J connectivity index is 1.66. The van der Waals surface area contributed by atoms with Crippen LogP contribution < -0.4 is 5.32 Å². The van der Waals surface area contributed by atoms with Gasteiger partial charge in [-0.3, -0.25) is 4.90 Å². The molecule has 0 amide bonds. The smallest absolute Gasteiger partial charge is 0.0707 e. The first-order valence-electron chi connectivity index (χ1n) is 6.93. The van der Waals surface area contributed by atoms with Crippen molar-refractivity contribution in [2.45, 2.75) is 62.8 Å². The van der Waals surface area contributed by atoms with Gasteiger partial charge < -0.3 is 10.1 Å². The Bertz CT molecular complexity index is 234. The number of hydrogen-bond acceptors (Lipinski definition) is 3. The maximum atomic E-state index is 5.93. The molecule has 1 saturated carbocycles. The van der Waals surface area contributed by atoms with Crippen molar-refractivity contribution in [2.24, 2.45) is 0 Å². The van der Waals surface area contributed by atoms with E-state index in [2.05, 4.69) is 17.3 Å². The lowest BCUT2D eigenvalue weighted by Gasteiger charge is -2.43. The van der Waals surface area contributed by atoms with Crippen molar-refractivity contribution in [3.05, 3.63) is 0 Å². The van der Waals surface area contributed by atoms with Crippen LogP contribution in [0.5, 0.6) is 0 Å². The van der Waals surface area contributed by atoms with Crippen molar-refractivity contribution in [3.8, 4) is 0 Å². The molecular weight excluding hydrogens is 200 g/mol. The third kappa shape index (κ3) is 2.01. The number of rotatable bonds is 2. The fraction of sp³-hybridized carbons (Fsp3) is 1.00. The van der Waals surface area contributed by atoms with Gasteiger partial charge in [0.25, 0.3) is 0 Å². The molecule has 0 aromatic rings. The van der Waals surface area contributed by atoms with Gasteiger partial charge in [-0.1, -0.05) is 12.8 Å². The zero-order valence-electron chi connectivity index (χ0n) is 10.3. The van der Waals surface area contributed by atoms with Crippen LogP contribution in [0.2, 0.25) is 0 Å². The maximum Gasteiger partial charge on any atom is 0.0707 e. The van der Waals surface area contributed by atoms with E-state index in [1.54, 1.807) is 0 Å². The predicted octanol–water partition coefficient (Wildman–Crippen LogP) is 1.38. The summed E-state index contributed by atoms with van der Waals surface area (Å²) in [6.07, 6.45) is 9.21. The summed E-state index contributed by atoms with van der Waals surface area (Å²) in [7, 11) is 2.12. The molecule has 3 aliphatic rings. The van der Waals surface area contributed by atoms with Crippen LogP contribution in [0.25, 0.3) is 0 Å². The van der Waals surface area contributed by atoms with Gasteiger partial charge in [0.05, 0.1) is 12.2 Å². The molecular formula is C13H24N2O. The molecule has 1 N–H and O–H groups in total. The summed E-state index contributed by atoms with van der Waals surface area (Å²) in [5.41, 5.74) is 0. The number of morpholine rings is 1. The second-order valence-electron chi connectivity index (χ2n) is 5.66. The zero-order chi connectivity index (χ0) is 11.0. The molecule has 3 fully saturated rings. The molecule has 2 saturated heterocycles. The number of fused-ring (bicyclic) bond motifs is 2. The van der Waals surface area contributed by atoms with Crippen LogP contribution in [0.15, 0.2) is 0 Å². The monoisotopic (exact) mass is 224 g/mol. The average Bonchev–Trinajstić information content (AvgIpc) is 2.68. The lowest BCUT2D eigenvalue weighted by Crippen LogP contribution is -2.56. The summed E-state index contributed by atoms with van der Waals surface area (Å²) in [4.78, 5) is 2.71. The Hall–Kier alpha value is -0.120. The van der Waals surface area contributed by atoms with Crippen molar-refractivity contribution in [2.75, 3.05) is 20.1 Å². The van der Waals surface area contributed by atoms with E-state index in [9.17, 15) is 0 Å². The molecule has 2 bridgehead atoms. The van der Waals surface area contributed by atoms with Crippen LogP contribution in [0.1, 0.15) is 38.5 Å². The van der Waals surface area contributed by atoms with Crippen molar-refractivity contribution in [3.63, 3.8) is 0 Å². The summed E-state index contributed by atoms with van der Waals surface area (Å²) < 4.78 is 5.93. The van der Waals surface area contributed by atoms with Gasteiger partial charge >= 0.3 is 0 Å². The Labute approximate surface area is 98.5 Å². The van der Waals surface area contributed by atoms with Gasteiger partial charge in [0, 0.05) is 25.2 Å². The molecule has 0 spiro atoms. The van der Waals surface area contributed by atoms with E-state index in [4.69, 9.17) is 4.74 Å². The summed E-state index contributed by atoms with van der Waals surface area (Å²) in [6.45, 7) is 2.36. The third-order valence-electron chi connectivity index (χ3n) is 4.64. The van der Waals surface area contributed by atoms with Crippen LogP contribution in [-0.4, -0.2) is 49.3 Å². The standard InChI is InChI=1S/C13H24N2O/c1-14-12-4-2-3-5-13(12)15-8-10-6-7-11(9-15)16-10/h10-14H,2-9H2,1H3. The van der Waals surface area contributed by atoms with E-state index in [1.807, 2.05) is 0 Å². The van der Waals surface area contributed by atoms with Crippen LogP contribution in [0, 0.1) is 0 Å². The van der Waals surface area contributed by atoms with E-state index < -0.39 is 0 Å². The molecule has 2 aliphatic heterocycles. The Morgan fingerprint density at radius 1 is 1.00 bits per heavy atom. The van der Waals surface area contributed by atoms with Crippen LogP contribution in [0.3, 0.4) is 0 Å². The van der Waals surface area contributed by atoms with Gasteiger partial charge in [-0.25, -0.2) is 0 Å². The molecule has 4 unspecified atom stereocenters. The Morgan fingerprint density at radius 3 is 2.38 bits per heavy atom. The lowest BCUT2D eigenvalue weighted by molar-refractivity contribution is -0.0617. The Morgan fingerprint density at radius 2 is 1.69 bits per heavy atom. The minimum absolute atomic E-state index is 0.540. The number of ether oxygens (including phenoxy) is 1. The second-order valence-corrected chi connectivity index (χ2v) is 5.66. The van der Waals surface area contributed by atoms with E-state index in [1.165, 1.54) is 51.6 Å². The largest absolute Gasteiger partial charge is 0.372 e. The summed E-state index contributed by atoms with van der Waals surface area (Å²) in [5, 5.41) is 3.52. The topological polar surface area (TPSA) is 24.5 Å². The molecule has 3 rings (SSSR count). The van der Waals surface area contributed by atoms with Crippen molar-refractivity contribution in [1.82, 2.24) is 10.2 Å². The molecule has 0 radical (unpaired) electrons. The lowest BCUT2D eigenvalue weighted by atomic mass is 9.89. The number of likely N-dealkylation sites (tertiary alicyclic amines) is 1. The van der Waals surface area contributed by atoms with Gasteiger partial charge in [-0.05, 0) is 32.7 Å². The minimum Gasteiger partial charge on any atom is -0.372 e. The predicted molar refractivity (Wildman–Crippen MR) is 64.6 cm³/mol. The molecule has 3 heteroatoms. The molecule has 2 heterocycles. The summed E-state index contributed by atoms with van der Waals surface area (Å²) >= 11 is 0. The maximum absolute atomic E-state index is 5.93. The van der Waals surface area contributed by atoms with E-state index in [0.29, 0.717) is 18.2 Å². The first kappa shape index (κ1) is 11.0. The minimum atomic E-state index is 0.540. The Kier molecular flexibility index (Phi) is 3.18. The first-order valence-corrected chi connectivity index (χ1v) is 6.93. The van der Waals surface area contributed by atoms with Crippen molar-refractivity contribution < 1.29 is 4.74 Å². The highest BCUT2D eigenvalue weighted by molar-refractivity contribution is 4.93. The molecule has 0 aromatic heterocycles. The number of nitrogens with one attached hydrogen (secondary N) is 1. The number of likely N-dealkylation sites (N-methyl/N-ethyl adjacent to an activating group) is 1. The first-order chi connectivity index (χ1) is 7.86. The van der Waals surface area contributed by atoms with Crippen molar-refractivity contribution in [1.29, 1.82) is 0 Å². The molecule has 4 atom stereocenters. The van der Waals surface area contributed by atoms with E-state index in [-0.39, 0.29) is 0 Å². The molecule has 0 aromatic carbocycles. The van der Waals surface area contributed by atoms with Gasteiger partial charge in [-0.2, -0.15) is 0 Å². The van der Waals surface area contributed by atoms with Gasteiger partial charge in [0.1, 0.15) is 0 Å². The molecule has 3 nitrogen and oxygen atoms in total. The second kappa shape index (κ2) is 4.63. The fourth-order valence-electron chi connectivity index (χ4n) is 3.80. The van der Waals surface area contributed by atoms with Gasteiger partial charge in [-0.15, -0.1) is 0 Å². The van der Waals surface area contributed by atoms with Gasteiger partial charge in [0.15, 0.2) is 0 Å². The van der Waals surface area contributed by atoms with E-state index >= 15 is 0 Å². The zero-order valence-corrected chi connectivity index (χ0v) is 10.3. The number of hydrogen-bond donors (Lipinski definition) is 1. The SMILES string of the molecule is CNC1CCCCC1N1CC2CCC(C1)O2. The van der Waals surface area contributed by atoms with Crippen LogP contribution in [0.4, 0.5) is 0 Å². The number of nitrogens with zero attached hydrogens (tertiary/aromatic N) is 1. The van der Waals surface area contributed by atoms with Gasteiger partial charge in [0.2, 0.25) is 0 Å². The van der Waals surface area contributed by atoms with Crippen LogP contribution >= 0.6 is 0 Å². The van der Waals surface area contributed by atoms with E-state index in [0.717, 1.165) is 6.04 Å².